The Bertz CT molecular complexity index is 994. The molecule has 0 atom stereocenters. The van der Waals surface area contributed by atoms with Crippen molar-refractivity contribution >= 4 is 23.5 Å². The Hall–Kier alpha value is -3.94. The average molecular weight is 350 g/mol. The number of nitro groups is 1. The number of nitrogens with zero attached hydrogens (tertiary/aromatic N) is 2. The van der Waals surface area contributed by atoms with Crippen molar-refractivity contribution in [3.63, 3.8) is 0 Å². The highest BCUT2D eigenvalue weighted by molar-refractivity contribution is 5.99. The summed E-state index contributed by atoms with van der Waals surface area (Å²) in [6.07, 6.45) is 1.33. The zero-order chi connectivity index (χ0) is 18.5. The van der Waals surface area contributed by atoms with Crippen molar-refractivity contribution in [2.75, 3.05) is 5.73 Å². The van der Waals surface area contributed by atoms with E-state index in [4.69, 9.17) is 10.2 Å². The van der Waals surface area contributed by atoms with Gasteiger partial charge in [-0.1, -0.05) is 24.3 Å². The number of anilines is 1. The molecule has 26 heavy (non-hydrogen) atoms. The van der Waals surface area contributed by atoms with E-state index >= 15 is 0 Å². The predicted octanol–water partition coefficient (Wildman–Crippen LogP) is 3.20. The molecule has 2 aromatic carbocycles. The number of hydrogen-bond acceptors (Lipinski definition) is 6. The van der Waals surface area contributed by atoms with Crippen molar-refractivity contribution in [2.45, 2.75) is 0 Å². The van der Waals surface area contributed by atoms with Crippen LogP contribution in [0.4, 0.5) is 11.4 Å². The zero-order valence-corrected chi connectivity index (χ0v) is 13.5. The quantitative estimate of drug-likeness (QED) is 0.316. The lowest BCUT2D eigenvalue weighted by atomic mass is 10.1. The van der Waals surface area contributed by atoms with Gasteiger partial charge in [-0.2, -0.15) is 5.10 Å². The second-order valence-corrected chi connectivity index (χ2v) is 5.30. The molecule has 0 bridgehead atoms. The smallest absolute Gasteiger partial charge is 0.273 e. The third kappa shape index (κ3) is 3.75. The number of nitrogens with one attached hydrogen (secondary N) is 1. The Balaban J connectivity index is 1.70. The lowest BCUT2D eigenvalue weighted by molar-refractivity contribution is -0.384. The van der Waals surface area contributed by atoms with E-state index in [1.807, 2.05) is 0 Å². The van der Waals surface area contributed by atoms with Crippen LogP contribution in [0.15, 0.2) is 70.2 Å². The molecule has 8 nitrogen and oxygen atoms in total. The molecule has 8 heteroatoms. The Morgan fingerprint density at radius 1 is 1.15 bits per heavy atom. The average Bonchev–Trinajstić information content (AvgIpc) is 3.11. The van der Waals surface area contributed by atoms with Crippen LogP contribution < -0.4 is 11.2 Å². The van der Waals surface area contributed by atoms with E-state index in [1.54, 1.807) is 48.5 Å². The van der Waals surface area contributed by atoms with Crippen LogP contribution in [0, 0.1) is 10.1 Å². The number of rotatable bonds is 5. The van der Waals surface area contributed by atoms with E-state index in [9.17, 15) is 14.9 Å². The second-order valence-electron chi connectivity index (χ2n) is 5.30. The number of furan rings is 1. The fourth-order valence-corrected chi connectivity index (χ4v) is 2.27. The van der Waals surface area contributed by atoms with Gasteiger partial charge in [-0.05, 0) is 24.3 Å². The summed E-state index contributed by atoms with van der Waals surface area (Å²) in [6, 6.07) is 16.0. The number of hydrazone groups is 1. The van der Waals surface area contributed by atoms with Crippen molar-refractivity contribution < 1.29 is 14.1 Å². The molecule has 0 radical (unpaired) electrons. The molecule has 0 spiro atoms. The minimum atomic E-state index is -0.473. The summed E-state index contributed by atoms with van der Waals surface area (Å²) in [6.45, 7) is 0. The Morgan fingerprint density at radius 2 is 1.96 bits per heavy atom. The number of carbonyl (C=O) groups is 1. The van der Waals surface area contributed by atoms with Crippen LogP contribution in [-0.4, -0.2) is 17.0 Å². The summed E-state index contributed by atoms with van der Waals surface area (Å²) >= 11 is 0. The first kappa shape index (κ1) is 16.9. The van der Waals surface area contributed by atoms with Gasteiger partial charge < -0.3 is 10.2 Å². The number of nitrogens with two attached hydrogens (primary N) is 1. The summed E-state index contributed by atoms with van der Waals surface area (Å²) in [5, 5.41) is 14.7. The maximum atomic E-state index is 12.0. The fraction of sp³-hybridized carbons (Fsp3) is 0. The first-order valence-corrected chi connectivity index (χ1v) is 7.57. The molecule has 3 rings (SSSR count). The summed E-state index contributed by atoms with van der Waals surface area (Å²) in [4.78, 5) is 22.4. The third-order valence-electron chi connectivity index (χ3n) is 3.53. The predicted molar refractivity (Wildman–Crippen MR) is 96.7 cm³/mol. The van der Waals surface area contributed by atoms with Gasteiger partial charge in [0.2, 0.25) is 0 Å². The zero-order valence-electron chi connectivity index (χ0n) is 13.5. The summed E-state index contributed by atoms with van der Waals surface area (Å²) in [5.41, 5.74) is 9.31. The molecular weight excluding hydrogens is 336 g/mol. The third-order valence-corrected chi connectivity index (χ3v) is 3.53. The van der Waals surface area contributed by atoms with Crippen LogP contribution in [-0.2, 0) is 0 Å². The molecule has 3 N–H and O–H groups in total. The SMILES string of the molecule is Nc1ccccc1C(=O)N/N=C/c1ccc(-c2cccc([N+](=O)[O-])c2)o1. The number of carbonyl (C=O) groups excluding carboxylic acids is 1. The van der Waals surface area contributed by atoms with E-state index in [1.165, 1.54) is 18.3 Å². The van der Waals surface area contributed by atoms with Crippen LogP contribution in [0.5, 0.6) is 0 Å². The van der Waals surface area contributed by atoms with E-state index in [0.717, 1.165) is 0 Å². The van der Waals surface area contributed by atoms with Gasteiger partial charge in [0.15, 0.2) is 0 Å². The van der Waals surface area contributed by atoms with Gasteiger partial charge in [-0.3, -0.25) is 14.9 Å². The highest BCUT2D eigenvalue weighted by atomic mass is 16.6. The van der Waals surface area contributed by atoms with Crippen LogP contribution in [0.3, 0.4) is 0 Å². The van der Waals surface area contributed by atoms with Crippen LogP contribution in [0.25, 0.3) is 11.3 Å². The number of nitro benzene ring substituents is 1. The molecule has 0 saturated carbocycles. The van der Waals surface area contributed by atoms with Crippen molar-refractivity contribution in [2.24, 2.45) is 5.10 Å². The molecule has 1 heterocycles. The molecule has 0 saturated heterocycles. The van der Waals surface area contributed by atoms with Crippen LogP contribution >= 0.6 is 0 Å². The normalized spacial score (nSPS) is 10.8. The number of non-ortho nitro benzene ring substituents is 1. The molecule has 0 aliphatic heterocycles. The number of nitrogen functional groups attached to an aromatic ring is 1. The van der Waals surface area contributed by atoms with Crippen LogP contribution in [0.1, 0.15) is 16.1 Å². The minimum Gasteiger partial charge on any atom is -0.455 e. The molecule has 0 fully saturated rings. The first-order valence-electron chi connectivity index (χ1n) is 7.57. The molecule has 0 aliphatic carbocycles. The molecule has 130 valence electrons. The maximum Gasteiger partial charge on any atom is 0.273 e. The van der Waals surface area contributed by atoms with Gasteiger partial charge in [0.1, 0.15) is 11.5 Å². The number of para-hydroxylation sites is 1. The Morgan fingerprint density at radius 3 is 2.73 bits per heavy atom. The van der Waals surface area contributed by atoms with E-state index in [2.05, 4.69) is 10.5 Å². The van der Waals surface area contributed by atoms with Gasteiger partial charge in [0.05, 0.1) is 16.7 Å². The summed E-state index contributed by atoms with van der Waals surface area (Å²) in [5.74, 6) is 0.395. The Kier molecular flexibility index (Phi) is 4.75. The lowest BCUT2D eigenvalue weighted by Gasteiger charge is -2.02. The highest BCUT2D eigenvalue weighted by Crippen LogP contribution is 2.25. The largest absolute Gasteiger partial charge is 0.455 e. The second kappa shape index (κ2) is 7.31. The molecule has 1 aromatic heterocycles. The van der Waals surface area contributed by atoms with Gasteiger partial charge >= 0.3 is 0 Å². The lowest BCUT2D eigenvalue weighted by Crippen LogP contribution is -2.18. The maximum absolute atomic E-state index is 12.0. The van der Waals surface area contributed by atoms with Gasteiger partial charge in [-0.25, -0.2) is 5.43 Å². The number of amides is 1. The van der Waals surface area contributed by atoms with Crippen molar-refractivity contribution in [1.82, 2.24) is 5.43 Å². The van der Waals surface area contributed by atoms with Crippen molar-refractivity contribution in [3.05, 3.63) is 82.1 Å². The highest BCUT2D eigenvalue weighted by Gasteiger charge is 2.10. The van der Waals surface area contributed by atoms with E-state index in [0.29, 0.717) is 28.3 Å². The molecule has 0 aliphatic rings. The topological polar surface area (TPSA) is 124 Å². The van der Waals surface area contributed by atoms with Crippen LogP contribution in [0.2, 0.25) is 0 Å². The molecule has 3 aromatic rings. The van der Waals surface area contributed by atoms with Crippen molar-refractivity contribution in [3.8, 4) is 11.3 Å². The Labute approximate surface area is 148 Å². The molecule has 1 amide bonds. The molecule has 0 unspecified atom stereocenters. The van der Waals surface area contributed by atoms with Gasteiger partial charge in [0.25, 0.3) is 11.6 Å². The summed E-state index contributed by atoms with van der Waals surface area (Å²) in [7, 11) is 0. The number of benzene rings is 2. The first-order chi connectivity index (χ1) is 12.5. The monoisotopic (exact) mass is 350 g/mol. The summed E-state index contributed by atoms with van der Waals surface area (Å²) < 4.78 is 5.57. The number of hydrogen-bond donors (Lipinski definition) is 2. The fourth-order valence-electron chi connectivity index (χ4n) is 2.27. The molecular formula is C18H14N4O4. The van der Waals surface area contributed by atoms with E-state index in [-0.39, 0.29) is 5.69 Å². The van der Waals surface area contributed by atoms with Gasteiger partial charge in [-0.15, -0.1) is 0 Å². The standard InChI is InChI=1S/C18H14N4O4/c19-16-7-2-1-6-15(16)18(23)21-20-11-14-8-9-17(26-14)12-4-3-5-13(10-12)22(24)25/h1-11H,19H2,(H,21,23)/b20-11+. The minimum absolute atomic E-state index is 0.0261. The van der Waals surface area contributed by atoms with Gasteiger partial charge in [0, 0.05) is 23.4 Å². The van der Waals surface area contributed by atoms with Crippen molar-refractivity contribution in [1.29, 1.82) is 0 Å². The van der Waals surface area contributed by atoms with E-state index < -0.39 is 10.8 Å².